The molecule has 0 nitrogen and oxygen atoms in total. The Hall–Kier alpha value is -0.0169. The summed E-state index contributed by atoms with van der Waals surface area (Å²) in [6, 6.07) is 27.0. The summed E-state index contributed by atoms with van der Waals surface area (Å²) in [5.41, 5.74) is 1.54. The Balaban J connectivity index is 0.000000651. The van der Waals surface area contributed by atoms with E-state index in [1.165, 1.54) is 21.5 Å². The second-order valence-corrected chi connectivity index (χ2v) is 19.2. The van der Waals surface area contributed by atoms with Crippen LogP contribution in [0.5, 0.6) is 0 Å². The molecule has 200 valence electrons. The number of benzene rings is 2. The first-order valence-corrected chi connectivity index (χ1v) is 15.5. The maximum atomic E-state index is 2.40. The van der Waals surface area contributed by atoms with Crippen LogP contribution in [-0.4, -0.2) is 21.6 Å². The molecule has 0 unspecified atom stereocenters. The van der Waals surface area contributed by atoms with Crippen molar-refractivity contribution in [3.8, 4) is 0 Å². The fraction of sp³-hybridized carbons (Fsp3) is 0.438. The van der Waals surface area contributed by atoms with Gasteiger partial charge in [0.1, 0.15) is 0 Å². The van der Waals surface area contributed by atoms with Gasteiger partial charge in [0.2, 0.25) is 0 Å². The van der Waals surface area contributed by atoms with Crippen molar-refractivity contribution in [2.45, 2.75) is 90.9 Å². The van der Waals surface area contributed by atoms with Crippen LogP contribution in [0, 0.1) is 0 Å². The molecule has 0 heterocycles. The second kappa shape index (κ2) is 15.1. The molecule has 0 N–H and O–H groups in total. The van der Waals surface area contributed by atoms with Gasteiger partial charge in [0, 0.05) is 0 Å². The molecule has 0 amide bonds. The summed E-state index contributed by atoms with van der Waals surface area (Å²) >= 11 is 0. The van der Waals surface area contributed by atoms with Crippen LogP contribution in [0.15, 0.2) is 72.8 Å². The van der Waals surface area contributed by atoms with Gasteiger partial charge in [0.15, 0.2) is 0 Å². The standard InChI is InChI=1S/C17H24P.C15H20P.2ClH.Zr/c1-16(2,3)18(17(4,5)6)15-11-13-9-7-8-10-14(13)12-15;1-11(2)16(12(3)4)15-9-13-7-5-6-8-14(13)10-15;;;/h7-12H,1-6H3;5-12H,1-4H3;2*1H;/q2*-1;;;+4/p-2. The largest absolute Gasteiger partial charge is 4.00 e. The molecule has 0 atom stereocenters. The van der Waals surface area contributed by atoms with Crippen LogP contribution in [0.4, 0.5) is 0 Å². The minimum atomic E-state index is -0.185. The maximum Gasteiger partial charge on any atom is 4.00 e. The number of fused-ring (bicyclic) bond motifs is 2. The van der Waals surface area contributed by atoms with Crippen molar-refractivity contribution in [2.75, 3.05) is 0 Å². The van der Waals surface area contributed by atoms with Gasteiger partial charge in [0.25, 0.3) is 0 Å². The maximum absolute atomic E-state index is 2.40. The minimum absolute atomic E-state index is 0. The fourth-order valence-corrected chi connectivity index (χ4v) is 12.6. The third-order valence-electron chi connectivity index (χ3n) is 6.22. The summed E-state index contributed by atoms with van der Waals surface area (Å²) in [6.07, 6.45) is 0. The first-order valence-electron chi connectivity index (χ1n) is 12.7. The predicted octanol–water partition coefficient (Wildman–Crippen LogP) is 3.75. The Morgan fingerprint density at radius 2 is 0.946 bits per heavy atom. The Labute approximate surface area is 260 Å². The Morgan fingerprint density at radius 1 is 0.595 bits per heavy atom. The van der Waals surface area contributed by atoms with E-state index in [1.54, 1.807) is 10.6 Å². The van der Waals surface area contributed by atoms with Gasteiger partial charge >= 0.3 is 26.2 Å². The molecule has 0 aromatic heterocycles. The molecule has 0 aliphatic heterocycles. The van der Waals surface area contributed by atoms with Crippen molar-refractivity contribution in [3.05, 3.63) is 72.8 Å². The molecule has 5 heteroatoms. The van der Waals surface area contributed by atoms with Gasteiger partial charge in [-0.2, -0.15) is 12.1 Å². The Bertz CT molecular complexity index is 1120. The first kappa shape index (κ1) is 37.0. The fourth-order valence-electron chi connectivity index (χ4n) is 5.52. The molecule has 37 heavy (non-hydrogen) atoms. The molecule has 4 rings (SSSR count). The molecule has 0 saturated carbocycles. The van der Waals surface area contributed by atoms with E-state index in [9.17, 15) is 0 Å². The zero-order valence-corrected chi connectivity index (χ0v) is 30.0. The minimum Gasteiger partial charge on any atom is -1.00 e. The molecular weight excluding hydrogens is 608 g/mol. The molecule has 0 saturated heterocycles. The Morgan fingerprint density at radius 3 is 1.30 bits per heavy atom. The monoisotopic (exact) mass is 650 g/mol. The summed E-state index contributed by atoms with van der Waals surface area (Å²) in [7, 11) is -0.205. The molecule has 0 aliphatic carbocycles. The van der Waals surface area contributed by atoms with E-state index in [0.29, 0.717) is 10.3 Å². The van der Waals surface area contributed by atoms with Crippen molar-refractivity contribution in [1.82, 2.24) is 0 Å². The van der Waals surface area contributed by atoms with E-state index in [0.717, 1.165) is 11.3 Å². The summed E-state index contributed by atoms with van der Waals surface area (Å²) < 4.78 is 0. The molecule has 0 fully saturated rings. The van der Waals surface area contributed by atoms with Crippen molar-refractivity contribution in [3.63, 3.8) is 0 Å². The van der Waals surface area contributed by atoms with E-state index >= 15 is 0 Å². The quantitative estimate of drug-likeness (QED) is 0.233. The van der Waals surface area contributed by atoms with E-state index < -0.39 is 0 Å². The molecule has 4 aromatic rings. The molecule has 4 aromatic carbocycles. The zero-order valence-electron chi connectivity index (χ0n) is 24.2. The van der Waals surface area contributed by atoms with Crippen molar-refractivity contribution < 1.29 is 51.0 Å². The molecule has 0 bridgehead atoms. The van der Waals surface area contributed by atoms with Crippen molar-refractivity contribution in [2.24, 2.45) is 0 Å². The van der Waals surface area contributed by atoms with Gasteiger partial charge in [-0.05, 0) is 21.6 Å². The van der Waals surface area contributed by atoms with Crippen LogP contribution in [0.25, 0.3) is 21.5 Å². The van der Waals surface area contributed by atoms with Gasteiger partial charge in [-0.15, -0.1) is 80.7 Å². The van der Waals surface area contributed by atoms with E-state index in [2.05, 4.69) is 142 Å². The number of hydrogen-bond donors (Lipinski definition) is 0. The van der Waals surface area contributed by atoms with Crippen LogP contribution < -0.4 is 35.4 Å². The summed E-state index contributed by atoms with van der Waals surface area (Å²) in [6.45, 7) is 23.7. The van der Waals surface area contributed by atoms with Gasteiger partial charge in [-0.25, -0.2) is 0 Å². The summed E-state index contributed by atoms with van der Waals surface area (Å²) in [5.74, 6) is 0. The van der Waals surface area contributed by atoms with Gasteiger partial charge in [0.05, 0.1) is 0 Å². The van der Waals surface area contributed by atoms with Gasteiger partial charge in [-0.1, -0.05) is 97.2 Å². The average Bonchev–Trinajstić information content (AvgIpc) is 3.28. The van der Waals surface area contributed by atoms with E-state index in [1.807, 2.05) is 0 Å². The van der Waals surface area contributed by atoms with Crippen LogP contribution >= 0.6 is 15.8 Å². The smallest absolute Gasteiger partial charge is 1.00 e. The normalized spacial score (nSPS) is 11.8. The van der Waals surface area contributed by atoms with E-state index in [-0.39, 0.29) is 66.9 Å². The summed E-state index contributed by atoms with van der Waals surface area (Å²) in [4.78, 5) is 0. The zero-order chi connectivity index (χ0) is 25.3. The molecule has 0 aliphatic rings. The number of rotatable bonds is 4. The van der Waals surface area contributed by atoms with Gasteiger partial charge in [-0.3, -0.25) is 0 Å². The van der Waals surface area contributed by atoms with Crippen molar-refractivity contribution >= 4 is 48.0 Å². The third-order valence-corrected chi connectivity index (χ3v) is 12.8. The average molecular weight is 653 g/mol. The number of hydrogen-bond acceptors (Lipinski definition) is 0. The van der Waals surface area contributed by atoms with Gasteiger partial charge < -0.3 is 24.8 Å². The third kappa shape index (κ3) is 9.54. The summed E-state index contributed by atoms with van der Waals surface area (Å²) in [5, 5.41) is 9.36. The van der Waals surface area contributed by atoms with E-state index in [4.69, 9.17) is 0 Å². The Kier molecular flexibility index (Phi) is 15.1. The topological polar surface area (TPSA) is 0 Å². The second-order valence-electron chi connectivity index (χ2n) is 12.0. The SMILES string of the molecule is CC(C)(C)P(c1cc2ccccc2[cH-]1)C(C)(C)C.CC(C)P(c1cc2ccccc2[cH-]1)C(C)C.[Cl-].[Cl-].[Zr+4]. The predicted molar refractivity (Wildman–Crippen MR) is 162 cm³/mol. The molecule has 0 spiro atoms. The van der Waals surface area contributed by atoms with Crippen molar-refractivity contribution in [1.29, 1.82) is 0 Å². The van der Waals surface area contributed by atoms with Crippen LogP contribution in [-0.2, 0) is 26.2 Å². The number of halogens is 2. The molecule has 0 radical (unpaired) electrons. The molecular formula is C32H44Cl2P2Zr. The van der Waals surface area contributed by atoms with Crippen LogP contribution in [0.3, 0.4) is 0 Å². The first-order chi connectivity index (χ1) is 15.8. The van der Waals surface area contributed by atoms with Crippen LogP contribution in [0.2, 0.25) is 0 Å². The van der Waals surface area contributed by atoms with Crippen LogP contribution in [0.1, 0.15) is 69.2 Å².